The van der Waals surface area contributed by atoms with Crippen LogP contribution in [0.3, 0.4) is 0 Å². The van der Waals surface area contributed by atoms with E-state index in [4.69, 9.17) is 9.97 Å². The fourth-order valence-corrected chi connectivity index (χ4v) is 13.5. The number of aromatic nitrogens is 6. The molecule has 0 atom stereocenters. The molecule has 0 bridgehead atoms. The van der Waals surface area contributed by atoms with Crippen LogP contribution >= 0.6 is 0 Å². The summed E-state index contributed by atoms with van der Waals surface area (Å²) in [6.45, 7) is 0. The molecule has 402 valence electrons. The second-order valence-electron chi connectivity index (χ2n) is 21.9. The molecule has 0 radical (unpaired) electrons. The molecule has 6 aromatic heterocycles. The van der Waals surface area contributed by atoms with E-state index in [0.717, 1.165) is 111 Å². The first-order chi connectivity index (χ1) is 42.6. The molecule has 86 heavy (non-hydrogen) atoms. The number of carbonyl (C=O) groups excluding carboxylic acids is 2. The molecule has 0 saturated heterocycles. The Morgan fingerprint density at radius 3 is 0.826 bits per heavy atom. The second-order valence-corrected chi connectivity index (χ2v) is 21.9. The Bertz CT molecular complexity index is 5120. The van der Waals surface area contributed by atoms with Crippen LogP contribution in [0.1, 0.15) is 32.1 Å². The van der Waals surface area contributed by atoms with Crippen LogP contribution in [0.25, 0.3) is 132 Å². The normalized spacial score (nSPS) is 11.8. The number of pyridine rings is 2. The van der Waals surface area contributed by atoms with Crippen molar-refractivity contribution in [2.75, 3.05) is 0 Å². The van der Waals surface area contributed by atoms with Crippen molar-refractivity contribution in [1.29, 1.82) is 0 Å². The summed E-state index contributed by atoms with van der Waals surface area (Å²) in [6, 6.07) is 96.0. The van der Waals surface area contributed by atoms with Crippen molar-refractivity contribution in [1.82, 2.24) is 28.2 Å². The van der Waals surface area contributed by atoms with Crippen LogP contribution in [0, 0.1) is 0 Å². The molecule has 6 heterocycles. The molecular formula is C78H48N6O2. The van der Waals surface area contributed by atoms with E-state index in [1.807, 2.05) is 85.2 Å². The summed E-state index contributed by atoms with van der Waals surface area (Å²) in [5, 5.41) is 8.84. The number of hydrogen-bond acceptors (Lipinski definition) is 4. The van der Waals surface area contributed by atoms with E-state index in [1.165, 1.54) is 21.5 Å². The number of benzene rings is 11. The average Bonchev–Trinajstić information content (AvgIpc) is 1.57. The van der Waals surface area contributed by atoms with E-state index in [1.54, 1.807) is 0 Å². The Morgan fingerprint density at radius 1 is 0.256 bits per heavy atom. The Hall–Kier alpha value is -11.7. The van der Waals surface area contributed by atoms with Gasteiger partial charge in [-0.15, -0.1) is 0 Å². The Morgan fingerprint density at radius 2 is 0.523 bits per heavy atom. The minimum atomic E-state index is -0.150. The standard InChI is InChI=1S/C78H48N6O2/c85-77(49-19-3-1-4-20-49)63-45-35-51(47-79-63)71-73-61-27-11-17-33-69(61)84(56-43-39-54(40-44-56)82-67-31-15-9-25-59(67)60-26-10-16-32-68(60)82)76(73)72(52-36-46-64(80-48-52)78(86)50-21-5-2-6-22-50)74-62-28-12-18-34-70(62)83(75(71)74)55-41-37-53(38-42-55)81-65-29-13-7-23-57(65)58-24-8-14-30-66(58)81/h1-48H. The van der Waals surface area contributed by atoms with Crippen molar-refractivity contribution in [3.05, 3.63) is 314 Å². The molecular weight excluding hydrogens is 1050 g/mol. The van der Waals surface area contributed by atoms with Gasteiger partial charge in [-0.05, 0) is 97.1 Å². The topological polar surface area (TPSA) is 79.6 Å². The van der Waals surface area contributed by atoms with Gasteiger partial charge in [0.1, 0.15) is 11.4 Å². The smallest absolute Gasteiger partial charge is 0.211 e. The zero-order valence-electron chi connectivity index (χ0n) is 46.2. The van der Waals surface area contributed by atoms with Crippen LogP contribution in [0.2, 0.25) is 0 Å². The molecule has 0 aliphatic heterocycles. The minimum absolute atomic E-state index is 0.150. The fraction of sp³-hybridized carbons (Fsp3) is 0. The Balaban J connectivity index is 0.977. The van der Waals surface area contributed by atoms with E-state index < -0.39 is 0 Å². The summed E-state index contributed by atoms with van der Waals surface area (Å²) in [5.41, 5.74) is 17.9. The van der Waals surface area contributed by atoms with Gasteiger partial charge in [-0.1, -0.05) is 182 Å². The summed E-state index contributed by atoms with van der Waals surface area (Å²) < 4.78 is 9.49. The van der Waals surface area contributed by atoms with Gasteiger partial charge in [0.15, 0.2) is 0 Å². The van der Waals surface area contributed by atoms with E-state index in [9.17, 15) is 9.59 Å². The summed E-state index contributed by atoms with van der Waals surface area (Å²) in [5.74, 6) is -0.300. The number of rotatable bonds is 10. The molecule has 0 N–H and O–H groups in total. The van der Waals surface area contributed by atoms with Crippen LogP contribution in [0.15, 0.2) is 291 Å². The van der Waals surface area contributed by atoms with Gasteiger partial charge < -0.3 is 18.3 Å². The zero-order valence-corrected chi connectivity index (χ0v) is 46.2. The molecule has 0 unspecified atom stereocenters. The van der Waals surface area contributed by atoms with Crippen LogP contribution in [-0.4, -0.2) is 39.8 Å². The van der Waals surface area contributed by atoms with E-state index in [-0.39, 0.29) is 11.6 Å². The third-order valence-electron chi connectivity index (χ3n) is 17.3. The minimum Gasteiger partial charge on any atom is -0.309 e. The molecule has 0 fully saturated rings. The number of nitrogens with zero attached hydrogens (tertiary/aromatic N) is 6. The third kappa shape index (κ3) is 7.43. The first-order valence-electron chi connectivity index (χ1n) is 28.9. The second kappa shape index (κ2) is 19.4. The van der Waals surface area contributed by atoms with Crippen molar-refractivity contribution in [2.24, 2.45) is 0 Å². The predicted molar refractivity (Wildman–Crippen MR) is 350 cm³/mol. The molecule has 8 nitrogen and oxygen atoms in total. The molecule has 0 spiro atoms. The van der Waals surface area contributed by atoms with Crippen molar-refractivity contribution in [3.63, 3.8) is 0 Å². The van der Waals surface area contributed by atoms with Crippen LogP contribution in [-0.2, 0) is 0 Å². The molecule has 0 saturated carbocycles. The van der Waals surface area contributed by atoms with E-state index in [2.05, 4.69) is 225 Å². The highest BCUT2D eigenvalue weighted by Crippen LogP contribution is 2.52. The molecule has 0 aliphatic rings. The van der Waals surface area contributed by atoms with Crippen molar-refractivity contribution >= 4 is 98.8 Å². The lowest BCUT2D eigenvalue weighted by Gasteiger charge is -2.19. The van der Waals surface area contributed by atoms with Crippen LogP contribution < -0.4 is 0 Å². The molecule has 11 aromatic carbocycles. The number of carbonyl (C=O) groups is 2. The van der Waals surface area contributed by atoms with Gasteiger partial charge in [0.05, 0.1) is 44.1 Å². The molecule has 0 aliphatic carbocycles. The summed E-state index contributed by atoms with van der Waals surface area (Å²) in [6.07, 6.45) is 3.74. The quantitative estimate of drug-likeness (QED) is 0.128. The highest BCUT2D eigenvalue weighted by Gasteiger charge is 2.30. The molecule has 8 heteroatoms. The average molecular weight is 1100 g/mol. The number of hydrogen-bond donors (Lipinski definition) is 0. The predicted octanol–water partition coefficient (Wildman–Crippen LogP) is 18.7. The van der Waals surface area contributed by atoms with Crippen LogP contribution in [0.4, 0.5) is 0 Å². The third-order valence-corrected chi connectivity index (χ3v) is 17.3. The molecule has 17 rings (SSSR count). The maximum atomic E-state index is 14.1. The summed E-state index contributed by atoms with van der Waals surface area (Å²) in [4.78, 5) is 38.4. The molecule has 17 aromatic rings. The summed E-state index contributed by atoms with van der Waals surface area (Å²) in [7, 11) is 0. The SMILES string of the molecule is O=C(c1ccccc1)c1ccc(-c2c3c4ccccc4n(-c4ccc(-n5c6ccccc6c6ccccc65)cc4)c3c(-c3ccc(C(=O)c4ccccc4)nc3)c3c4ccccc4n(-c4ccc(-n5c6ccccc6c6ccccc65)cc4)c23)cn1. The zero-order chi connectivity index (χ0) is 57.0. The maximum absolute atomic E-state index is 14.1. The lowest BCUT2D eigenvalue weighted by atomic mass is 9.90. The lowest BCUT2D eigenvalue weighted by Crippen LogP contribution is -2.05. The van der Waals surface area contributed by atoms with Gasteiger partial charge in [0.25, 0.3) is 0 Å². The highest BCUT2D eigenvalue weighted by molar-refractivity contribution is 6.33. The highest BCUT2D eigenvalue weighted by atomic mass is 16.1. The maximum Gasteiger partial charge on any atom is 0.211 e. The fourth-order valence-electron chi connectivity index (χ4n) is 13.5. The monoisotopic (exact) mass is 1100 g/mol. The van der Waals surface area contributed by atoms with Crippen molar-refractivity contribution in [3.8, 4) is 45.0 Å². The molecule has 0 amide bonds. The first-order valence-corrected chi connectivity index (χ1v) is 28.9. The number of fused-ring (bicyclic) bond motifs is 12. The van der Waals surface area contributed by atoms with E-state index in [0.29, 0.717) is 22.5 Å². The number of ketones is 2. The van der Waals surface area contributed by atoms with Gasteiger partial charge in [0.2, 0.25) is 11.6 Å². The van der Waals surface area contributed by atoms with Gasteiger partial charge in [-0.25, -0.2) is 0 Å². The first kappa shape index (κ1) is 48.9. The van der Waals surface area contributed by atoms with Gasteiger partial charge in [0, 0.05) is 112 Å². The largest absolute Gasteiger partial charge is 0.309 e. The Kier molecular flexibility index (Phi) is 11.1. The van der Waals surface area contributed by atoms with Crippen molar-refractivity contribution in [2.45, 2.75) is 0 Å². The van der Waals surface area contributed by atoms with Crippen LogP contribution in [0.5, 0.6) is 0 Å². The van der Waals surface area contributed by atoms with Gasteiger partial charge in [-0.2, -0.15) is 0 Å². The van der Waals surface area contributed by atoms with E-state index >= 15 is 0 Å². The lowest BCUT2D eigenvalue weighted by molar-refractivity contribution is 0.102. The number of para-hydroxylation sites is 6. The summed E-state index contributed by atoms with van der Waals surface area (Å²) >= 11 is 0. The van der Waals surface area contributed by atoms with Gasteiger partial charge >= 0.3 is 0 Å². The van der Waals surface area contributed by atoms with Gasteiger partial charge in [-0.3, -0.25) is 19.6 Å². The van der Waals surface area contributed by atoms with Crippen molar-refractivity contribution < 1.29 is 9.59 Å². The Labute approximate surface area is 493 Å².